The van der Waals surface area contributed by atoms with E-state index in [0.29, 0.717) is 30.0 Å². The molecule has 2 rings (SSSR count). The minimum Gasteiger partial charge on any atom is -0.497 e. The van der Waals surface area contributed by atoms with Gasteiger partial charge in [0.05, 0.1) is 14.2 Å². The summed E-state index contributed by atoms with van der Waals surface area (Å²) in [6.45, 7) is 0.460. The van der Waals surface area contributed by atoms with Crippen LogP contribution in [-0.2, 0) is 11.2 Å². The minimum absolute atomic E-state index is 0.0246. The Hall–Kier alpha value is -3.26. The van der Waals surface area contributed by atoms with E-state index in [1.165, 1.54) is 13.2 Å². The lowest BCUT2D eigenvalue weighted by Gasteiger charge is -2.08. The molecule has 0 bridgehead atoms. The van der Waals surface area contributed by atoms with Gasteiger partial charge in [-0.25, -0.2) is 0 Å². The molecule has 5 nitrogen and oxygen atoms in total. The third-order valence-electron chi connectivity index (χ3n) is 3.65. The molecule has 0 aliphatic rings. The SMILES string of the molecule is COc1ccc(/C=C(/C#N)C(=O)NCCc2ccccc2)c(OC)c1. The first kappa shape index (κ1) is 18.1. The van der Waals surface area contributed by atoms with E-state index in [9.17, 15) is 10.1 Å². The maximum absolute atomic E-state index is 12.2. The van der Waals surface area contributed by atoms with Gasteiger partial charge in [-0.05, 0) is 30.2 Å². The number of methoxy groups -OCH3 is 2. The monoisotopic (exact) mass is 336 g/mol. The van der Waals surface area contributed by atoms with Gasteiger partial charge in [0.2, 0.25) is 0 Å². The number of carbonyl (C=O) groups is 1. The van der Waals surface area contributed by atoms with Gasteiger partial charge in [-0.15, -0.1) is 0 Å². The number of carbonyl (C=O) groups excluding carboxylic acids is 1. The summed E-state index contributed by atoms with van der Waals surface area (Å²) in [5.74, 6) is 0.764. The molecule has 0 saturated heterocycles. The zero-order valence-electron chi connectivity index (χ0n) is 14.3. The zero-order chi connectivity index (χ0) is 18.1. The molecule has 0 aliphatic heterocycles. The molecular formula is C20H20N2O3. The lowest BCUT2D eigenvalue weighted by Crippen LogP contribution is -2.26. The Labute approximate surface area is 147 Å². The molecule has 25 heavy (non-hydrogen) atoms. The second kappa shape index (κ2) is 9.14. The van der Waals surface area contributed by atoms with Crippen molar-refractivity contribution in [2.75, 3.05) is 20.8 Å². The van der Waals surface area contributed by atoms with E-state index in [1.807, 2.05) is 36.4 Å². The molecule has 0 unspecified atom stereocenters. The van der Waals surface area contributed by atoms with Crippen molar-refractivity contribution >= 4 is 12.0 Å². The second-order valence-corrected chi connectivity index (χ2v) is 5.27. The highest BCUT2D eigenvalue weighted by molar-refractivity contribution is 6.02. The van der Waals surface area contributed by atoms with E-state index in [0.717, 1.165) is 5.56 Å². The second-order valence-electron chi connectivity index (χ2n) is 5.27. The van der Waals surface area contributed by atoms with E-state index in [-0.39, 0.29) is 5.57 Å². The molecule has 1 amide bonds. The number of hydrogen-bond acceptors (Lipinski definition) is 4. The number of nitrogens with one attached hydrogen (secondary N) is 1. The summed E-state index contributed by atoms with van der Waals surface area (Å²) in [4.78, 5) is 12.2. The van der Waals surface area contributed by atoms with Crippen molar-refractivity contribution in [3.63, 3.8) is 0 Å². The topological polar surface area (TPSA) is 71.3 Å². The summed E-state index contributed by atoms with van der Waals surface area (Å²) in [7, 11) is 3.09. The number of hydrogen-bond donors (Lipinski definition) is 1. The minimum atomic E-state index is -0.406. The molecule has 0 aromatic heterocycles. The van der Waals surface area contributed by atoms with Crippen molar-refractivity contribution in [2.24, 2.45) is 0 Å². The van der Waals surface area contributed by atoms with E-state index in [1.54, 1.807) is 25.3 Å². The first-order valence-electron chi connectivity index (χ1n) is 7.84. The highest BCUT2D eigenvalue weighted by atomic mass is 16.5. The number of nitrogens with zero attached hydrogens (tertiary/aromatic N) is 1. The van der Waals surface area contributed by atoms with Gasteiger partial charge in [0.1, 0.15) is 23.1 Å². The van der Waals surface area contributed by atoms with E-state index >= 15 is 0 Å². The average Bonchev–Trinajstić information content (AvgIpc) is 2.66. The third kappa shape index (κ3) is 5.11. The fraction of sp³-hybridized carbons (Fsp3) is 0.200. The number of ether oxygens (including phenoxy) is 2. The van der Waals surface area contributed by atoms with Crippen molar-refractivity contribution in [3.05, 3.63) is 65.2 Å². The van der Waals surface area contributed by atoms with Crippen LogP contribution in [0.3, 0.4) is 0 Å². The quantitative estimate of drug-likeness (QED) is 0.623. The first-order chi connectivity index (χ1) is 12.2. The molecule has 2 aromatic carbocycles. The molecule has 128 valence electrons. The van der Waals surface area contributed by atoms with Crippen LogP contribution in [0.25, 0.3) is 6.08 Å². The summed E-state index contributed by atoms with van der Waals surface area (Å²) < 4.78 is 10.4. The van der Waals surface area contributed by atoms with Gasteiger partial charge < -0.3 is 14.8 Å². The van der Waals surface area contributed by atoms with Gasteiger partial charge in [-0.3, -0.25) is 4.79 Å². The molecule has 0 aliphatic carbocycles. The summed E-state index contributed by atoms with van der Waals surface area (Å²) >= 11 is 0. The Morgan fingerprint density at radius 1 is 1.16 bits per heavy atom. The lowest BCUT2D eigenvalue weighted by molar-refractivity contribution is -0.117. The maximum atomic E-state index is 12.2. The molecule has 1 N–H and O–H groups in total. The van der Waals surface area contributed by atoms with Crippen LogP contribution in [0, 0.1) is 11.3 Å². The van der Waals surface area contributed by atoms with E-state index < -0.39 is 5.91 Å². The number of rotatable bonds is 7. The Morgan fingerprint density at radius 2 is 1.92 bits per heavy atom. The lowest BCUT2D eigenvalue weighted by atomic mass is 10.1. The molecule has 0 atom stereocenters. The van der Waals surface area contributed by atoms with Crippen molar-refractivity contribution in [2.45, 2.75) is 6.42 Å². The Bertz CT molecular complexity index is 792. The van der Waals surface area contributed by atoms with E-state index in [4.69, 9.17) is 9.47 Å². The molecular weight excluding hydrogens is 316 g/mol. The molecule has 0 heterocycles. The maximum Gasteiger partial charge on any atom is 0.261 e. The number of nitriles is 1. The van der Waals surface area contributed by atoms with Crippen LogP contribution in [0.15, 0.2) is 54.1 Å². The highest BCUT2D eigenvalue weighted by Crippen LogP contribution is 2.26. The average molecular weight is 336 g/mol. The summed E-state index contributed by atoms with van der Waals surface area (Å²) in [6.07, 6.45) is 2.22. The predicted molar refractivity (Wildman–Crippen MR) is 96.3 cm³/mol. The van der Waals surface area contributed by atoms with Crippen molar-refractivity contribution in [3.8, 4) is 17.6 Å². The smallest absolute Gasteiger partial charge is 0.261 e. The fourth-order valence-electron chi connectivity index (χ4n) is 2.30. The normalized spacial score (nSPS) is 10.7. The molecule has 5 heteroatoms. The van der Waals surface area contributed by atoms with Crippen molar-refractivity contribution in [1.82, 2.24) is 5.32 Å². The van der Waals surface area contributed by atoms with Crippen LogP contribution in [0.2, 0.25) is 0 Å². The van der Waals surface area contributed by atoms with Crippen LogP contribution in [-0.4, -0.2) is 26.7 Å². The first-order valence-corrected chi connectivity index (χ1v) is 7.84. The molecule has 0 fully saturated rings. The fourth-order valence-corrected chi connectivity index (χ4v) is 2.30. The molecule has 2 aromatic rings. The number of benzene rings is 2. The molecule has 0 spiro atoms. The Balaban J connectivity index is 2.06. The van der Waals surface area contributed by atoms with Crippen LogP contribution in [0.1, 0.15) is 11.1 Å². The van der Waals surface area contributed by atoms with Crippen LogP contribution in [0.4, 0.5) is 0 Å². The molecule has 0 saturated carbocycles. The number of amides is 1. The largest absolute Gasteiger partial charge is 0.497 e. The van der Waals surface area contributed by atoms with Gasteiger partial charge in [-0.1, -0.05) is 30.3 Å². The summed E-state index contributed by atoms with van der Waals surface area (Å²) in [5, 5.41) is 12.1. The molecule has 0 radical (unpaired) electrons. The third-order valence-corrected chi connectivity index (χ3v) is 3.65. The zero-order valence-corrected chi connectivity index (χ0v) is 14.3. The summed E-state index contributed by atoms with van der Waals surface area (Å²) in [6, 6.07) is 17.0. The Morgan fingerprint density at radius 3 is 2.56 bits per heavy atom. The Kier molecular flexibility index (Phi) is 6.61. The van der Waals surface area contributed by atoms with Crippen LogP contribution < -0.4 is 14.8 Å². The van der Waals surface area contributed by atoms with Crippen molar-refractivity contribution < 1.29 is 14.3 Å². The van der Waals surface area contributed by atoms with E-state index in [2.05, 4.69) is 5.32 Å². The van der Waals surface area contributed by atoms with Gasteiger partial charge in [0, 0.05) is 18.2 Å². The van der Waals surface area contributed by atoms with Gasteiger partial charge in [-0.2, -0.15) is 5.26 Å². The standard InChI is InChI=1S/C20H20N2O3/c1-24-18-9-8-16(19(13-18)25-2)12-17(14-21)20(23)22-11-10-15-6-4-3-5-7-15/h3-9,12-13H,10-11H2,1-2H3,(H,22,23)/b17-12-. The van der Waals surface area contributed by atoms with Gasteiger partial charge in [0.15, 0.2) is 0 Å². The van der Waals surface area contributed by atoms with Crippen LogP contribution in [0.5, 0.6) is 11.5 Å². The van der Waals surface area contributed by atoms with Crippen molar-refractivity contribution in [1.29, 1.82) is 5.26 Å². The van der Waals surface area contributed by atoms with Gasteiger partial charge in [0.25, 0.3) is 5.91 Å². The summed E-state index contributed by atoms with van der Waals surface area (Å²) in [5.41, 5.74) is 1.79. The highest BCUT2D eigenvalue weighted by Gasteiger charge is 2.11. The predicted octanol–water partition coefficient (Wildman–Crippen LogP) is 2.97. The van der Waals surface area contributed by atoms with Gasteiger partial charge >= 0.3 is 0 Å². The van der Waals surface area contributed by atoms with Crippen LogP contribution >= 0.6 is 0 Å².